The first-order chi connectivity index (χ1) is 21.0. The van der Waals surface area contributed by atoms with Crippen LogP contribution in [0.2, 0.25) is 0 Å². The lowest BCUT2D eigenvalue weighted by Gasteiger charge is -2.48. The van der Waals surface area contributed by atoms with E-state index >= 15 is 17.6 Å². The van der Waals surface area contributed by atoms with Crippen LogP contribution in [0.15, 0.2) is 83.2 Å². The summed E-state index contributed by atoms with van der Waals surface area (Å²) in [5.74, 6) is -12.8. The zero-order chi connectivity index (χ0) is 32.8. The molecule has 2 N–H and O–H groups in total. The molecule has 3 heterocycles. The zero-order valence-corrected chi connectivity index (χ0v) is 27.1. The molecule has 0 saturated heterocycles. The van der Waals surface area contributed by atoms with Crippen molar-refractivity contribution in [2.45, 2.75) is 53.9 Å². The number of hydrogen-bond donors (Lipinski definition) is 2. The summed E-state index contributed by atoms with van der Waals surface area (Å²) in [5.41, 5.74) is 0.457. The van der Waals surface area contributed by atoms with E-state index in [0.29, 0.717) is 27.5 Å². The lowest BCUT2D eigenvalue weighted by molar-refractivity contribution is -0.696. The van der Waals surface area contributed by atoms with Gasteiger partial charge in [0, 0.05) is 53.7 Å². The number of aromatic nitrogens is 1. The molecule has 2 aliphatic carbocycles. The van der Waals surface area contributed by atoms with E-state index in [1.165, 1.54) is 41.7 Å². The second-order valence-corrected chi connectivity index (χ2v) is 16.0. The van der Waals surface area contributed by atoms with Crippen LogP contribution in [0, 0.1) is 0 Å². The first-order valence-corrected chi connectivity index (χ1v) is 17.1. The molecule has 1 saturated carbocycles. The molecule has 6 rings (SSSR count). The standard InChI is InChI=1S/C31H29F4NO6S3/c1-27-21(16-23(43-27)18-6-8-20(37)9-7-18)25-26(30(41-3,42-4)31(34,35)29(25,32)33)22-17-24(44-28(22,27)2)19-10-13-36(14-11-19)12-5-15-45(38,39)40/h6-11,13-14,16-17H,5,12,15H2,1-4H3,(H,38,39,40)/p+1/t27-,28-/m1/s1. The van der Waals surface area contributed by atoms with Crippen LogP contribution in [-0.2, 0) is 26.1 Å². The van der Waals surface area contributed by atoms with Gasteiger partial charge in [0.05, 0.1) is 15.2 Å². The lowest BCUT2D eigenvalue weighted by atomic mass is 9.71. The first-order valence-electron chi connectivity index (χ1n) is 13.9. The molecule has 2 atom stereocenters. The van der Waals surface area contributed by atoms with Crippen molar-refractivity contribution in [1.29, 1.82) is 0 Å². The van der Waals surface area contributed by atoms with Crippen LogP contribution in [0.5, 0.6) is 5.75 Å². The minimum absolute atomic E-state index is 0.0287. The smallest absolute Gasteiger partial charge is 0.371 e. The Morgan fingerprint density at radius 2 is 1.31 bits per heavy atom. The number of halogens is 4. The van der Waals surface area contributed by atoms with E-state index in [2.05, 4.69) is 0 Å². The second kappa shape index (κ2) is 10.4. The fourth-order valence-corrected chi connectivity index (χ4v) is 10.2. The van der Waals surface area contributed by atoms with Gasteiger partial charge in [0.15, 0.2) is 12.4 Å². The van der Waals surface area contributed by atoms with Crippen LogP contribution < -0.4 is 4.57 Å². The molecule has 1 aromatic heterocycles. The van der Waals surface area contributed by atoms with Crippen LogP contribution in [0.3, 0.4) is 0 Å². The predicted molar refractivity (Wildman–Crippen MR) is 164 cm³/mol. The van der Waals surface area contributed by atoms with Crippen LogP contribution in [0.1, 0.15) is 31.4 Å². The molecule has 7 nitrogen and oxygen atoms in total. The van der Waals surface area contributed by atoms with E-state index < -0.39 is 42.8 Å². The van der Waals surface area contributed by atoms with Crippen LogP contribution in [-0.4, -0.2) is 65.2 Å². The van der Waals surface area contributed by atoms with Crippen LogP contribution in [0.25, 0.3) is 9.81 Å². The molecule has 0 radical (unpaired) electrons. The Bertz CT molecular complexity index is 1820. The number of aromatic hydroxyl groups is 1. The number of alkyl halides is 4. The number of methoxy groups -OCH3 is 2. The maximum Gasteiger partial charge on any atom is 0.371 e. The number of nitrogens with zero attached hydrogens (tertiary/aromatic N) is 1. The third-order valence-corrected chi connectivity index (χ3v) is 13.2. The summed E-state index contributed by atoms with van der Waals surface area (Å²) in [6.07, 6.45) is 6.83. The quantitative estimate of drug-likeness (QED) is 0.146. The molecule has 0 amide bonds. The molecular weight excluding hydrogens is 655 g/mol. The number of phenolic OH excluding ortho intramolecular Hbond substituents is 1. The highest BCUT2D eigenvalue weighted by Gasteiger charge is 2.83. The summed E-state index contributed by atoms with van der Waals surface area (Å²) < 4.78 is 106. The van der Waals surface area contributed by atoms with Gasteiger partial charge in [0.25, 0.3) is 15.9 Å². The number of phenols is 1. The maximum absolute atomic E-state index is 16.2. The molecule has 2 aliphatic heterocycles. The fraction of sp³-hybridized carbons (Fsp3) is 0.387. The van der Waals surface area contributed by atoms with Crippen molar-refractivity contribution in [1.82, 2.24) is 0 Å². The number of rotatable bonds is 8. The second-order valence-electron chi connectivity index (χ2n) is 11.5. The summed E-state index contributed by atoms with van der Waals surface area (Å²) in [5, 5.41) is 9.81. The number of thioether (sulfide) groups is 2. The van der Waals surface area contributed by atoms with Crippen LogP contribution in [0.4, 0.5) is 17.6 Å². The predicted octanol–water partition coefficient (Wildman–Crippen LogP) is 6.23. The third kappa shape index (κ3) is 4.50. The summed E-state index contributed by atoms with van der Waals surface area (Å²) >= 11 is 2.68. The van der Waals surface area contributed by atoms with Crippen molar-refractivity contribution < 1.29 is 49.7 Å². The molecular formula is C31H30F4NO6S3+. The van der Waals surface area contributed by atoms with Crippen LogP contribution >= 0.6 is 23.5 Å². The Morgan fingerprint density at radius 3 is 1.80 bits per heavy atom. The monoisotopic (exact) mass is 684 g/mol. The normalized spacial score (nSPS) is 27.7. The number of benzene rings is 1. The van der Waals surface area contributed by atoms with Gasteiger partial charge in [0.2, 0.25) is 0 Å². The van der Waals surface area contributed by atoms with Gasteiger partial charge in [-0.05, 0) is 60.4 Å². The molecule has 4 aliphatic rings. The number of allylic oxidation sites excluding steroid dienone is 2. The van der Waals surface area contributed by atoms with Gasteiger partial charge in [-0.25, -0.2) is 4.57 Å². The molecule has 0 unspecified atom stereocenters. The van der Waals surface area contributed by atoms with E-state index in [1.54, 1.807) is 54.2 Å². The van der Waals surface area contributed by atoms with E-state index in [1.807, 2.05) is 6.92 Å². The molecule has 2 aromatic rings. The average molecular weight is 685 g/mol. The zero-order valence-electron chi connectivity index (χ0n) is 24.6. The van der Waals surface area contributed by atoms with Gasteiger partial charge in [-0.1, -0.05) is 12.1 Å². The summed E-state index contributed by atoms with van der Waals surface area (Å²) in [6.45, 7) is 3.96. The van der Waals surface area contributed by atoms with Gasteiger partial charge in [0.1, 0.15) is 12.3 Å². The molecule has 0 bridgehead atoms. The number of hydrogen-bond acceptors (Lipinski definition) is 7. The van der Waals surface area contributed by atoms with E-state index in [0.717, 1.165) is 14.2 Å². The Hall–Kier alpha value is -2.62. The van der Waals surface area contributed by atoms with E-state index in [4.69, 9.17) is 14.0 Å². The summed E-state index contributed by atoms with van der Waals surface area (Å²) in [4.78, 5) is 1.25. The molecule has 1 fully saturated rings. The third-order valence-electron chi connectivity index (χ3n) is 9.08. The Kier molecular flexibility index (Phi) is 7.50. The number of ether oxygens (including phenoxy) is 2. The molecule has 45 heavy (non-hydrogen) atoms. The van der Waals surface area contributed by atoms with Gasteiger partial charge in [-0.3, -0.25) is 4.55 Å². The van der Waals surface area contributed by atoms with E-state index in [-0.39, 0.29) is 34.6 Å². The van der Waals surface area contributed by atoms with Gasteiger partial charge in [-0.15, -0.1) is 23.5 Å². The highest BCUT2D eigenvalue weighted by atomic mass is 32.2. The Balaban J connectivity index is 1.52. The number of aryl methyl sites for hydroxylation is 1. The van der Waals surface area contributed by atoms with E-state index in [9.17, 15) is 13.5 Å². The Labute approximate surface area is 266 Å². The van der Waals surface area contributed by atoms with Crippen molar-refractivity contribution in [3.05, 3.63) is 94.4 Å². The highest BCUT2D eigenvalue weighted by Crippen LogP contribution is 2.75. The SMILES string of the molecule is COC1(OC)C2=C3C=C(c4cc[n+](CCCS(=O)(=O)O)cc4)S[C@@]3(C)[C@]3(C)SC(c4ccc(O)cc4)=CC3=C2C(F)(F)C1(F)F. The molecule has 0 spiro atoms. The Morgan fingerprint density at radius 1 is 0.822 bits per heavy atom. The largest absolute Gasteiger partial charge is 0.508 e. The maximum atomic E-state index is 16.2. The molecule has 14 heteroatoms. The summed E-state index contributed by atoms with van der Waals surface area (Å²) in [6, 6.07) is 9.79. The summed E-state index contributed by atoms with van der Waals surface area (Å²) in [7, 11) is -2.22. The first kappa shape index (κ1) is 32.3. The minimum Gasteiger partial charge on any atom is -0.508 e. The fourth-order valence-electron chi connectivity index (χ4n) is 6.59. The minimum atomic E-state index is -4.75. The lowest BCUT2D eigenvalue weighted by Crippen LogP contribution is -2.55. The van der Waals surface area contributed by atoms with Crippen molar-refractivity contribution in [3.63, 3.8) is 0 Å². The topological polar surface area (TPSA) is 96.9 Å². The molecule has 240 valence electrons. The molecule has 1 aromatic carbocycles. The average Bonchev–Trinajstić information content (AvgIpc) is 3.56. The number of pyridine rings is 1. The van der Waals surface area contributed by atoms with Crippen molar-refractivity contribution >= 4 is 43.5 Å². The number of fused-ring (bicyclic) bond motifs is 4. The van der Waals surface area contributed by atoms with Crippen molar-refractivity contribution in [2.75, 3.05) is 20.0 Å². The van der Waals surface area contributed by atoms with Gasteiger partial charge in [-0.2, -0.15) is 26.0 Å². The van der Waals surface area contributed by atoms with Crippen molar-refractivity contribution in [3.8, 4) is 5.75 Å². The van der Waals surface area contributed by atoms with Crippen molar-refractivity contribution in [2.24, 2.45) is 0 Å². The van der Waals surface area contributed by atoms with Gasteiger partial charge >= 0.3 is 11.8 Å². The van der Waals surface area contributed by atoms with Gasteiger partial charge < -0.3 is 14.6 Å². The highest BCUT2D eigenvalue weighted by molar-refractivity contribution is 8.14.